The quantitative estimate of drug-likeness (QED) is 0.646. The van der Waals surface area contributed by atoms with E-state index in [1.54, 1.807) is 6.92 Å². The van der Waals surface area contributed by atoms with E-state index >= 15 is 0 Å². The second-order valence-electron chi connectivity index (χ2n) is 5.24. The molecule has 0 spiro atoms. The first-order valence-electron chi connectivity index (χ1n) is 7.78. The number of nitrogens with zero attached hydrogens (tertiary/aromatic N) is 2. The van der Waals surface area contributed by atoms with Crippen molar-refractivity contribution in [1.82, 2.24) is 15.2 Å². The smallest absolute Gasteiger partial charge is 0.253 e. The van der Waals surface area contributed by atoms with Crippen molar-refractivity contribution in [2.75, 3.05) is 11.9 Å². The van der Waals surface area contributed by atoms with Gasteiger partial charge >= 0.3 is 0 Å². The fraction of sp³-hybridized carbons (Fsp3) is 0.438. The number of anilines is 1. The molecule has 1 amide bonds. The normalized spacial score (nSPS) is 12.1. The third kappa shape index (κ3) is 4.87. The average molecular weight is 317 g/mol. The summed E-state index contributed by atoms with van der Waals surface area (Å²) >= 11 is 0. The number of aromatic nitrogens is 3. The van der Waals surface area contributed by atoms with Gasteiger partial charge in [-0.05, 0) is 37.6 Å². The number of hydrogen-bond donors (Lipinski definition) is 3. The molecule has 0 saturated carbocycles. The standard InChI is InChI=1S/C16H23N5O2/c1-3-4-9-23-11(2)16(22)18-13-7-5-12(6-8-13)15-19-14(10-17)20-21-15/h5-8,11H,3-4,9-10,17H2,1-2H3,(H,18,22)(H,19,20,21). The first-order valence-corrected chi connectivity index (χ1v) is 7.78. The van der Waals surface area contributed by atoms with Crippen LogP contribution in [0.25, 0.3) is 11.4 Å². The summed E-state index contributed by atoms with van der Waals surface area (Å²) in [6.07, 6.45) is 1.53. The maximum atomic E-state index is 12.0. The van der Waals surface area contributed by atoms with E-state index in [1.165, 1.54) is 0 Å². The van der Waals surface area contributed by atoms with Gasteiger partial charge in [-0.1, -0.05) is 13.3 Å². The van der Waals surface area contributed by atoms with E-state index in [0.29, 0.717) is 30.5 Å². The first-order chi connectivity index (χ1) is 11.1. The number of unbranched alkanes of at least 4 members (excludes halogenated alkanes) is 1. The molecule has 7 heteroatoms. The van der Waals surface area contributed by atoms with E-state index in [1.807, 2.05) is 24.3 Å². The number of aromatic amines is 1. The molecule has 0 saturated heterocycles. The molecule has 1 atom stereocenters. The molecule has 4 N–H and O–H groups in total. The summed E-state index contributed by atoms with van der Waals surface area (Å²) < 4.78 is 5.48. The number of benzene rings is 1. The number of amides is 1. The number of hydrogen-bond acceptors (Lipinski definition) is 5. The summed E-state index contributed by atoms with van der Waals surface area (Å²) in [5, 5.41) is 9.69. The van der Waals surface area contributed by atoms with Crippen molar-refractivity contribution in [2.24, 2.45) is 5.73 Å². The summed E-state index contributed by atoms with van der Waals surface area (Å²) in [5.74, 6) is 1.06. The van der Waals surface area contributed by atoms with Crippen molar-refractivity contribution < 1.29 is 9.53 Å². The van der Waals surface area contributed by atoms with Crippen molar-refractivity contribution >= 4 is 11.6 Å². The molecule has 2 aromatic rings. The number of rotatable bonds is 8. The summed E-state index contributed by atoms with van der Waals surface area (Å²) in [7, 11) is 0. The zero-order valence-electron chi connectivity index (χ0n) is 13.5. The van der Waals surface area contributed by atoms with Gasteiger partial charge in [0.15, 0.2) is 5.82 Å². The number of ether oxygens (including phenoxy) is 1. The van der Waals surface area contributed by atoms with Crippen LogP contribution in [0.4, 0.5) is 5.69 Å². The molecule has 2 rings (SSSR count). The summed E-state index contributed by atoms with van der Waals surface area (Å²) in [6, 6.07) is 7.32. The number of nitrogens with one attached hydrogen (secondary N) is 2. The molecule has 0 bridgehead atoms. The van der Waals surface area contributed by atoms with Crippen LogP contribution in [-0.2, 0) is 16.1 Å². The van der Waals surface area contributed by atoms with Crippen molar-refractivity contribution in [1.29, 1.82) is 0 Å². The Morgan fingerprint density at radius 3 is 2.74 bits per heavy atom. The highest BCUT2D eigenvalue weighted by atomic mass is 16.5. The highest BCUT2D eigenvalue weighted by Crippen LogP contribution is 2.18. The van der Waals surface area contributed by atoms with Crippen LogP contribution in [0.15, 0.2) is 24.3 Å². The van der Waals surface area contributed by atoms with Crippen molar-refractivity contribution in [3.63, 3.8) is 0 Å². The lowest BCUT2D eigenvalue weighted by Crippen LogP contribution is -2.28. The topological polar surface area (TPSA) is 106 Å². The Kier molecular flexibility index (Phi) is 6.25. The van der Waals surface area contributed by atoms with Gasteiger partial charge < -0.3 is 15.8 Å². The summed E-state index contributed by atoms with van der Waals surface area (Å²) in [5.41, 5.74) is 7.06. The second-order valence-corrected chi connectivity index (χ2v) is 5.24. The second kappa shape index (κ2) is 8.40. The SMILES string of the molecule is CCCCOC(C)C(=O)Nc1ccc(-c2n[nH]c(CN)n2)cc1. The fourth-order valence-corrected chi connectivity index (χ4v) is 1.94. The number of nitrogens with two attached hydrogens (primary N) is 1. The molecule has 1 unspecified atom stereocenters. The molecule has 23 heavy (non-hydrogen) atoms. The van der Waals surface area contributed by atoms with E-state index in [2.05, 4.69) is 27.4 Å². The Balaban J connectivity index is 1.93. The van der Waals surface area contributed by atoms with Gasteiger partial charge in [-0.2, -0.15) is 5.10 Å². The Morgan fingerprint density at radius 2 is 2.13 bits per heavy atom. The minimum Gasteiger partial charge on any atom is -0.369 e. The number of carbonyl (C=O) groups is 1. The van der Waals surface area contributed by atoms with Crippen LogP contribution in [0.5, 0.6) is 0 Å². The first kappa shape index (κ1) is 17.1. The fourth-order valence-electron chi connectivity index (χ4n) is 1.94. The van der Waals surface area contributed by atoms with Gasteiger partial charge in [0.05, 0.1) is 6.54 Å². The average Bonchev–Trinajstić information content (AvgIpc) is 3.04. The van der Waals surface area contributed by atoms with E-state index in [4.69, 9.17) is 10.5 Å². The maximum absolute atomic E-state index is 12.0. The molecule has 0 radical (unpaired) electrons. The summed E-state index contributed by atoms with van der Waals surface area (Å²) in [6.45, 7) is 4.75. The molecular formula is C16H23N5O2. The zero-order valence-corrected chi connectivity index (χ0v) is 13.5. The van der Waals surface area contributed by atoms with E-state index in [0.717, 1.165) is 18.4 Å². The molecule has 1 aromatic heterocycles. The third-order valence-corrected chi connectivity index (χ3v) is 3.37. The van der Waals surface area contributed by atoms with Gasteiger partial charge in [0.1, 0.15) is 11.9 Å². The predicted octanol–water partition coefficient (Wildman–Crippen LogP) is 2.07. The third-order valence-electron chi connectivity index (χ3n) is 3.37. The Bertz CT molecular complexity index is 624. The molecular weight excluding hydrogens is 294 g/mol. The van der Waals surface area contributed by atoms with Crippen LogP contribution in [-0.4, -0.2) is 33.8 Å². The van der Waals surface area contributed by atoms with Crippen molar-refractivity contribution in [3.05, 3.63) is 30.1 Å². The highest BCUT2D eigenvalue weighted by Gasteiger charge is 2.13. The highest BCUT2D eigenvalue weighted by molar-refractivity contribution is 5.94. The van der Waals surface area contributed by atoms with Gasteiger partial charge in [0.2, 0.25) is 0 Å². The lowest BCUT2D eigenvalue weighted by molar-refractivity contribution is -0.126. The van der Waals surface area contributed by atoms with Gasteiger partial charge in [0.25, 0.3) is 5.91 Å². The van der Waals surface area contributed by atoms with Crippen LogP contribution in [0.3, 0.4) is 0 Å². The van der Waals surface area contributed by atoms with E-state index in [9.17, 15) is 4.79 Å². The van der Waals surface area contributed by atoms with E-state index in [-0.39, 0.29) is 5.91 Å². The molecule has 124 valence electrons. The minimum absolute atomic E-state index is 0.155. The van der Waals surface area contributed by atoms with Crippen LogP contribution in [0.1, 0.15) is 32.5 Å². The van der Waals surface area contributed by atoms with Gasteiger partial charge in [-0.3, -0.25) is 9.89 Å². The number of carbonyl (C=O) groups excluding carboxylic acids is 1. The van der Waals surface area contributed by atoms with E-state index < -0.39 is 6.10 Å². The molecule has 0 fully saturated rings. The molecule has 0 aliphatic heterocycles. The van der Waals surface area contributed by atoms with Gasteiger partial charge in [0, 0.05) is 17.9 Å². The monoisotopic (exact) mass is 317 g/mol. The predicted molar refractivity (Wildman–Crippen MR) is 88.7 cm³/mol. The van der Waals surface area contributed by atoms with Gasteiger partial charge in [-0.25, -0.2) is 4.98 Å². The van der Waals surface area contributed by atoms with Crippen molar-refractivity contribution in [3.8, 4) is 11.4 Å². The van der Waals surface area contributed by atoms with Crippen LogP contribution >= 0.6 is 0 Å². The van der Waals surface area contributed by atoms with Crippen molar-refractivity contribution in [2.45, 2.75) is 39.3 Å². The summed E-state index contributed by atoms with van der Waals surface area (Å²) in [4.78, 5) is 16.3. The molecule has 0 aliphatic rings. The zero-order chi connectivity index (χ0) is 16.7. The number of H-pyrrole nitrogens is 1. The molecule has 1 aromatic carbocycles. The maximum Gasteiger partial charge on any atom is 0.253 e. The molecule has 1 heterocycles. The Morgan fingerprint density at radius 1 is 1.39 bits per heavy atom. The van der Waals surface area contributed by atoms with Gasteiger partial charge in [-0.15, -0.1) is 0 Å². The lowest BCUT2D eigenvalue weighted by atomic mass is 10.2. The Hall–Kier alpha value is -2.25. The lowest BCUT2D eigenvalue weighted by Gasteiger charge is -2.13. The molecule has 0 aliphatic carbocycles. The van der Waals surface area contributed by atoms with Crippen LogP contribution < -0.4 is 11.1 Å². The van der Waals surface area contributed by atoms with Crippen LogP contribution in [0.2, 0.25) is 0 Å². The minimum atomic E-state index is -0.471. The Labute approximate surface area is 135 Å². The molecule has 7 nitrogen and oxygen atoms in total. The van der Waals surface area contributed by atoms with Crippen LogP contribution in [0, 0.1) is 0 Å². The largest absolute Gasteiger partial charge is 0.369 e.